The van der Waals surface area contributed by atoms with E-state index in [2.05, 4.69) is 22.4 Å². The molecule has 3 rings (SSSR count). The lowest BCUT2D eigenvalue weighted by Gasteiger charge is -2.20. The van der Waals surface area contributed by atoms with E-state index in [1.54, 1.807) is 6.92 Å². The van der Waals surface area contributed by atoms with Crippen LogP contribution in [0, 0.1) is 0 Å². The predicted molar refractivity (Wildman–Crippen MR) is 82.4 cm³/mol. The summed E-state index contributed by atoms with van der Waals surface area (Å²) in [6.45, 7) is 3.02. The summed E-state index contributed by atoms with van der Waals surface area (Å²) in [6, 6.07) is 8.29. The molecular formula is C17H21ClN2O3. The molecule has 2 heterocycles. The molecule has 0 saturated heterocycles. The van der Waals surface area contributed by atoms with E-state index < -0.39 is 5.97 Å². The van der Waals surface area contributed by atoms with Crippen molar-refractivity contribution in [3.05, 3.63) is 35.5 Å². The first-order valence-corrected chi connectivity index (χ1v) is 7.79. The molecule has 1 aromatic heterocycles. The van der Waals surface area contributed by atoms with Crippen LogP contribution < -0.4 is 17.7 Å². The molecule has 3 N–H and O–H groups in total. The number of esters is 1. The summed E-state index contributed by atoms with van der Waals surface area (Å²) in [5, 5.41) is 3.43. The second-order valence-electron chi connectivity index (χ2n) is 5.67. The second kappa shape index (κ2) is 7.62. The van der Waals surface area contributed by atoms with E-state index in [-0.39, 0.29) is 30.7 Å². The second-order valence-corrected chi connectivity index (χ2v) is 5.67. The monoisotopic (exact) mass is 336 g/mol. The highest BCUT2D eigenvalue weighted by atomic mass is 35.5. The lowest BCUT2D eigenvalue weighted by Crippen LogP contribution is -3.00. The summed E-state index contributed by atoms with van der Waals surface area (Å²) in [4.78, 5) is 27.0. The number of ketones is 1. The number of Topliss-reactive ketones (excluding diaryl/α,β-unsaturated/α-hetero) is 1. The molecule has 5 nitrogen and oxygen atoms in total. The average Bonchev–Trinajstić information content (AvgIpc) is 2.87. The van der Waals surface area contributed by atoms with Crippen molar-refractivity contribution in [2.45, 2.75) is 32.2 Å². The minimum absolute atomic E-state index is 0. The molecule has 124 valence electrons. The van der Waals surface area contributed by atoms with Crippen molar-refractivity contribution in [3.63, 3.8) is 0 Å². The highest BCUT2D eigenvalue weighted by molar-refractivity contribution is 5.96. The molecule has 6 heteroatoms. The molecule has 23 heavy (non-hydrogen) atoms. The summed E-state index contributed by atoms with van der Waals surface area (Å²) in [5.74, 6) is -0.494. The first-order chi connectivity index (χ1) is 10.7. The van der Waals surface area contributed by atoms with Crippen LogP contribution in [0.1, 0.15) is 37.1 Å². The molecule has 1 aromatic carbocycles. The molecule has 1 aliphatic heterocycles. The Morgan fingerprint density at radius 3 is 2.91 bits per heavy atom. The van der Waals surface area contributed by atoms with Crippen LogP contribution in [-0.2, 0) is 20.7 Å². The number of carbonyl (C=O) groups is 2. The van der Waals surface area contributed by atoms with E-state index in [4.69, 9.17) is 4.74 Å². The zero-order chi connectivity index (χ0) is 15.5. The topological polar surface area (TPSA) is 75.8 Å². The van der Waals surface area contributed by atoms with Gasteiger partial charge < -0.3 is 27.4 Å². The quantitative estimate of drug-likeness (QED) is 0.502. The number of fused-ring (bicyclic) bond motifs is 3. The van der Waals surface area contributed by atoms with E-state index in [1.165, 1.54) is 10.9 Å². The molecule has 0 aliphatic carbocycles. The van der Waals surface area contributed by atoms with E-state index in [0.717, 1.165) is 24.2 Å². The molecule has 2 aromatic rings. The Kier molecular flexibility index (Phi) is 5.80. The van der Waals surface area contributed by atoms with E-state index in [0.29, 0.717) is 13.0 Å². The lowest BCUT2D eigenvalue weighted by atomic mass is 9.95. The lowest BCUT2D eigenvalue weighted by molar-refractivity contribution is -0.698. The van der Waals surface area contributed by atoms with Crippen molar-refractivity contribution in [1.82, 2.24) is 4.98 Å². The fourth-order valence-electron chi connectivity index (χ4n) is 3.23. The Balaban J connectivity index is 0.00000192. The number of rotatable bonds is 5. The van der Waals surface area contributed by atoms with Crippen molar-refractivity contribution >= 4 is 22.7 Å². The van der Waals surface area contributed by atoms with Crippen molar-refractivity contribution in [2.75, 3.05) is 13.2 Å². The molecule has 0 bridgehead atoms. The van der Waals surface area contributed by atoms with Crippen LogP contribution in [0.5, 0.6) is 0 Å². The number of halogens is 1. The summed E-state index contributed by atoms with van der Waals surface area (Å²) in [7, 11) is 0. The third-order valence-electron chi connectivity index (χ3n) is 4.16. The number of aromatic amines is 1. The van der Waals surface area contributed by atoms with Gasteiger partial charge in [-0.25, -0.2) is 0 Å². The predicted octanol–water partition coefficient (Wildman–Crippen LogP) is -1.76. The number of aromatic nitrogens is 1. The standard InChI is InChI=1S/C17H20N2O3.ClH/c1-2-22-16(21)10-11(20)9-15-17-13(7-8-18-15)12-5-3-4-6-14(12)19-17;/h3-6,15,18-19H,2,7-10H2,1H3;1H. The van der Waals surface area contributed by atoms with Gasteiger partial charge in [0, 0.05) is 17.3 Å². The average molecular weight is 337 g/mol. The van der Waals surface area contributed by atoms with Gasteiger partial charge in [-0.05, 0) is 18.6 Å². The van der Waals surface area contributed by atoms with Gasteiger partial charge in [-0.3, -0.25) is 9.59 Å². The van der Waals surface area contributed by atoms with Gasteiger partial charge in [-0.15, -0.1) is 0 Å². The number of nitrogens with two attached hydrogens (primary N) is 1. The van der Waals surface area contributed by atoms with Crippen LogP contribution in [-0.4, -0.2) is 29.9 Å². The van der Waals surface area contributed by atoms with Crippen LogP contribution in [0.2, 0.25) is 0 Å². The number of H-pyrrole nitrogens is 1. The van der Waals surface area contributed by atoms with Crippen molar-refractivity contribution in [1.29, 1.82) is 0 Å². The summed E-state index contributed by atoms with van der Waals surface area (Å²) in [5.41, 5.74) is 3.56. The molecule has 0 fully saturated rings. The van der Waals surface area contributed by atoms with Crippen molar-refractivity contribution < 1.29 is 32.0 Å². The van der Waals surface area contributed by atoms with Crippen molar-refractivity contribution in [3.8, 4) is 0 Å². The third kappa shape index (κ3) is 3.74. The highest BCUT2D eigenvalue weighted by Crippen LogP contribution is 2.29. The smallest absolute Gasteiger partial charge is 0.313 e. The minimum Gasteiger partial charge on any atom is -1.00 e. The molecular weight excluding hydrogens is 316 g/mol. The Morgan fingerprint density at radius 1 is 1.35 bits per heavy atom. The number of hydrogen-bond acceptors (Lipinski definition) is 3. The Morgan fingerprint density at radius 2 is 2.13 bits per heavy atom. The number of benzene rings is 1. The van der Waals surface area contributed by atoms with Crippen LogP contribution in [0.3, 0.4) is 0 Å². The van der Waals surface area contributed by atoms with Gasteiger partial charge in [-0.1, -0.05) is 18.2 Å². The first kappa shape index (κ1) is 17.5. The van der Waals surface area contributed by atoms with Gasteiger partial charge in [0.05, 0.1) is 25.3 Å². The molecule has 1 unspecified atom stereocenters. The number of para-hydroxylation sites is 1. The normalized spacial score (nSPS) is 16.5. The van der Waals surface area contributed by atoms with Crippen molar-refractivity contribution in [2.24, 2.45) is 0 Å². The largest absolute Gasteiger partial charge is 1.00 e. The SMILES string of the molecule is CCOC(=O)CC(=O)CC1[NH2+]CCc2c1[nH]c1ccccc21.[Cl-]. The maximum absolute atomic E-state index is 12.1. The molecule has 1 aliphatic rings. The Hall–Kier alpha value is -1.85. The van der Waals surface area contributed by atoms with Crippen LogP contribution in [0.4, 0.5) is 0 Å². The van der Waals surface area contributed by atoms with Gasteiger partial charge in [0.15, 0.2) is 0 Å². The van der Waals surface area contributed by atoms with Crippen LogP contribution >= 0.6 is 0 Å². The number of nitrogens with one attached hydrogen (secondary N) is 1. The molecule has 0 amide bonds. The number of quaternary nitrogens is 1. The van der Waals surface area contributed by atoms with Gasteiger partial charge in [-0.2, -0.15) is 0 Å². The van der Waals surface area contributed by atoms with E-state index >= 15 is 0 Å². The van der Waals surface area contributed by atoms with Crippen LogP contribution in [0.15, 0.2) is 24.3 Å². The van der Waals surface area contributed by atoms with Gasteiger partial charge in [0.2, 0.25) is 0 Å². The molecule has 0 spiro atoms. The Bertz CT molecular complexity index is 711. The zero-order valence-corrected chi connectivity index (χ0v) is 13.9. The number of hydrogen-bond donors (Lipinski definition) is 2. The van der Waals surface area contributed by atoms with E-state index in [9.17, 15) is 9.59 Å². The molecule has 0 saturated carbocycles. The maximum atomic E-state index is 12.1. The number of carbonyl (C=O) groups excluding carboxylic acids is 2. The summed E-state index contributed by atoms with van der Waals surface area (Å²) in [6.07, 6.45) is 1.23. The van der Waals surface area contributed by atoms with Crippen LogP contribution in [0.25, 0.3) is 10.9 Å². The first-order valence-electron chi connectivity index (χ1n) is 7.79. The van der Waals surface area contributed by atoms with Gasteiger partial charge in [0.25, 0.3) is 0 Å². The zero-order valence-electron chi connectivity index (χ0n) is 13.1. The number of ether oxygens (including phenoxy) is 1. The fraction of sp³-hybridized carbons (Fsp3) is 0.412. The molecule has 0 radical (unpaired) electrons. The third-order valence-corrected chi connectivity index (χ3v) is 4.16. The summed E-state index contributed by atoms with van der Waals surface area (Å²) < 4.78 is 4.84. The fourth-order valence-corrected chi connectivity index (χ4v) is 3.23. The summed E-state index contributed by atoms with van der Waals surface area (Å²) >= 11 is 0. The molecule has 1 atom stereocenters. The Labute approximate surface area is 141 Å². The highest BCUT2D eigenvalue weighted by Gasteiger charge is 2.29. The van der Waals surface area contributed by atoms with E-state index in [1.807, 2.05) is 12.1 Å². The maximum Gasteiger partial charge on any atom is 0.313 e. The van der Waals surface area contributed by atoms with Gasteiger partial charge in [0.1, 0.15) is 18.2 Å². The van der Waals surface area contributed by atoms with Gasteiger partial charge >= 0.3 is 5.97 Å². The minimum atomic E-state index is -0.430.